The number of nitrogens with zero attached hydrogens (tertiary/aromatic N) is 1. The molecule has 0 aliphatic carbocycles. The zero-order valence-corrected chi connectivity index (χ0v) is 16.0. The van der Waals surface area contributed by atoms with Gasteiger partial charge < -0.3 is 9.72 Å². The lowest BCUT2D eigenvalue weighted by atomic mass is 9.67. The van der Waals surface area contributed by atoms with E-state index >= 15 is 0 Å². The average molecular weight is 354 g/mol. The molecule has 1 fully saturated rings. The van der Waals surface area contributed by atoms with Gasteiger partial charge in [0.15, 0.2) is 0 Å². The van der Waals surface area contributed by atoms with Crippen LogP contribution in [0.5, 0.6) is 0 Å². The minimum atomic E-state index is -0.0829. The van der Waals surface area contributed by atoms with Crippen molar-refractivity contribution in [3.63, 3.8) is 0 Å². The molecule has 0 unspecified atom stereocenters. The van der Waals surface area contributed by atoms with Crippen molar-refractivity contribution >= 4 is 16.9 Å². The number of fused-ring (bicyclic) bond motifs is 5. The van der Waals surface area contributed by atoms with Gasteiger partial charge in [0, 0.05) is 23.0 Å². The van der Waals surface area contributed by atoms with Crippen molar-refractivity contribution in [2.24, 2.45) is 5.41 Å². The molecule has 1 aromatic carbocycles. The molecule has 2 atom stereocenters. The van der Waals surface area contributed by atoms with Crippen LogP contribution in [0.1, 0.15) is 62.7 Å². The van der Waals surface area contributed by atoms with Gasteiger partial charge in [-0.3, -0.25) is 9.69 Å². The molecule has 4 nitrogen and oxygen atoms in total. The van der Waals surface area contributed by atoms with Gasteiger partial charge in [0.2, 0.25) is 0 Å². The summed E-state index contributed by atoms with van der Waals surface area (Å²) in [5.74, 6) is -0.0829. The second-order valence-electron chi connectivity index (χ2n) is 8.00. The first-order valence-electron chi connectivity index (χ1n) is 10.1. The highest BCUT2D eigenvalue weighted by Crippen LogP contribution is 2.53. The molecule has 140 valence electrons. The fraction of sp³-hybridized carbons (Fsp3) is 0.591. The zero-order chi connectivity index (χ0) is 18.1. The van der Waals surface area contributed by atoms with E-state index in [-0.39, 0.29) is 11.4 Å². The summed E-state index contributed by atoms with van der Waals surface area (Å²) >= 11 is 0. The fourth-order valence-corrected chi connectivity index (χ4v) is 5.46. The zero-order valence-electron chi connectivity index (χ0n) is 16.0. The minimum Gasteiger partial charge on any atom is -0.469 e. The van der Waals surface area contributed by atoms with Crippen LogP contribution in [-0.2, 0) is 16.0 Å². The molecular formula is C22H30N2O2. The third kappa shape index (κ3) is 2.84. The molecule has 4 rings (SSSR count). The summed E-state index contributed by atoms with van der Waals surface area (Å²) in [6.07, 6.45) is 7.29. The van der Waals surface area contributed by atoms with Crippen molar-refractivity contribution in [1.29, 1.82) is 0 Å². The first-order valence-corrected chi connectivity index (χ1v) is 10.1. The van der Waals surface area contributed by atoms with E-state index in [0.29, 0.717) is 12.5 Å². The van der Waals surface area contributed by atoms with Crippen LogP contribution in [0, 0.1) is 5.41 Å². The largest absolute Gasteiger partial charge is 0.469 e. The Kier molecular flexibility index (Phi) is 4.78. The number of hydrogen-bond acceptors (Lipinski definition) is 3. The van der Waals surface area contributed by atoms with E-state index in [9.17, 15) is 4.79 Å². The highest BCUT2D eigenvalue weighted by atomic mass is 16.5. The van der Waals surface area contributed by atoms with Crippen LogP contribution in [0.4, 0.5) is 0 Å². The molecule has 1 aromatic heterocycles. The number of carbonyl (C=O) groups is 1. The smallest absolute Gasteiger partial charge is 0.305 e. The van der Waals surface area contributed by atoms with Gasteiger partial charge >= 0.3 is 5.97 Å². The Morgan fingerprint density at radius 2 is 2.12 bits per heavy atom. The molecule has 1 N–H and O–H groups in total. The highest BCUT2D eigenvalue weighted by Gasteiger charge is 2.46. The Morgan fingerprint density at radius 1 is 1.31 bits per heavy atom. The predicted molar refractivity (Wildman–Crippen MR) is 104 cm³/mol. The van der Waals surface area contributed by atoms with Crippen molar-refractivity contribution in [2.45, 2.75) is 57.9 Å². The molecule has 0 radical (unpaired) electrons. The summed E-state index contributed by atoms with van der Waals surface area (Å²) in [4.78, 5) is 18.4. The summed E-state index contributed by atoms with van der Waals surface area (Å²) in [5.41, 5.74) is 4.32. The molecule has 26 heavy (non-hydrogen) atoms. The SMILES string of the molecule is CC[C@]1(CCC(=O)OC)CCCN2CCCc3c([nH]c4ccccc34)[C@H]21. The van der Waals surface area contributed by atoms with Crippen molar-refractivity contribution in [1.82, 2.24) is 9.88 Å². The predicted octanol–water partition coefficient (Wildman–Crippen LogP) is 4.60. The van der Waals surface area contributed by atoms with Crippen LogP contribution in [0.15, 0.2) is 24.3 Å². The molecule has 4 heteroatoms. The Hall–Kier alpha value is -1.81. The number of H-pyrrole nitrogens is 1. The fourth-order valence-electron chi connectivity index (χ4n) is 5.46. The third-order valence-corrected chi connectivity index (χ3v) is 6.82. The summed E-state index contributed by atoms with van der Waals surface area (Å²) in [6.45, 7) is 4.62. The molecule has 0 spiro atoms. The highest BCUT2D eigenvalue weighted by molar-refractivity contribution is 5.85. The maximum atomic E-state index is 11.9. The van der Waals surface area contributed by atoms with E-state index in [1.54, 1.807) is 0 Å². The Balaban J connectivity index is 1.80. The van der Waals surface area contributed by atoms with Crippen molar-refractivity contribution < 1.29 is 9.53 Å². The first-order chi connectivity index (χ1) is 12.7. The van der Waals surface area contributed by atoms with E-state index in [2.05, 4.69) is 41.1 Å². The summed E-state index contributed by atoms with van der Waals surface area (Å²) in [7, 11) is 1.50. The normalized spacial score (nSPS) is 26.2. The van der Waals surface area contributed by atoms with Crippen molar-refractivity contribution in [3.8, 4) is 0 Å². The van der Waals surface area contributed by atoms with E-state index in [0.717, 1.165) is 25.8 Å². The number of esters is 1. The van der Waals surface area contributed by atoms with Gasteiger partial charge in [-0.15, -0.1) is 0 Å². The Labute approximate surface area is 155 Å². The van der Waals surface area contributed by atoms with Gasteiger partial charge in [0.1, 0.15) is 0 Å². The van der Waals surface area contributed by atoms with Crippen LogP contribution in [0.2, 0.25) is 0 Å². The molecule has 0 bridgehead atoms. The van der Waals surface area contributed by atoms with Crippen LogP contribution in [-0.4, -0.2) is 36.1 Å². The van der Waals surface area contributed by atoms with E-state index in [1.807, 2.05) is 0 Å². The number of hydrogen-bond donors (Lipinski definition) is 1. The minimum absolute atomic E-state index is 0.0829. The number of aromatic nitrogens is 1. The third-order valence-electron chi connectivity index (χ3n) is 6.82. The monoisotopic (exact) mass is 354 g/mol. The molecule has 2 aliphatic heterocycles. The molecule has 1 saturated heterocycles. The van der Waals surface area contributed by atoms with Crippen LogP contribution in [0.25, 0.3) is 10.9 Å². The van der Waals surface area contributed by atoms with Crippen LogP contribution < -0.4 is 0 Å². The van der Waals surface area contributed by atoms with Gasteiger partial charge in [-0.25, -0.2) is 0 Å². The van der Waals surface area contributed by atoms with E-state index < -0.39 is 0 Å². The Bertz CT molecular complexity index is 797. The van der Waals surface area contributed by atoms with Gasteiger partial charge in [-0.1, -0.05) is 25.1 Å². The molecule has 2 aliphatic rings. The lowest BCUT2D eigenvalue weighted by molar-refractivity contribution is -0.142. The van der Waals surface area contributed by atoms with Crippen LogP contribution in [0.3, 0.4) is 0 Å². The van der Waals surface area contributed by atoms with Crippen molar-refractivity contribution in [2.75, 3.05) is 20.2 Å². The molecular weight excluding hydrogens is 324 g/mol. The summed E-state index contributed by atoms with van der Waals surface area (Å²) in [5, 5.41) is 1.38. The number of aryl methyl sites for hydroxylation is 1. The summed E-state index contributed by atoms with van der Waals surface area (Å²) in [6, 6.07) is 9.09. The van der Waals surface area contributed by atoms with Gasteiger partial charge in [-0.2, -0.15) is 0 Å². The number of methoxy groups -OCH3 is 1. The number of nitrogens with one attached hydrogen (secondary N) is 1. The van der Waals surface area contributed by atoms with Gasteiger partial charge in [0.25, 0.3) is 0 Å². The molecule has 3 heterocycles. The number of benzene rings is 1. The number of carbonyl (C=O) groups excluding carboxylic acids is 1. The second kappa shape index (κ2) is 7.07. The van der Waals surface area contributed by atoms with Gasteiger partial charge in [0.05, 0.1) is 13.2 Å². The van der Waals surface area contributed by atoms with Crippen molar-refractivity contribution in [3.05, 3.63) is 35.5 Å². The lowest BCUT2D eigenvalue weighted by Crippen LogP contribution is -2.46. The second-order valence-corrected chi connectivity index (χ2v) is 8.00. The molecule has 2 aromatic rings. The standard InChI is InChI=1S/C22H30N2O2/c1-3-22(13-11-19(25)26-2)12-7-15-24-14-6-9-17-16-8-4-5-10-18(16)23-20(17)21(22)24/h4-5,8,10,21,23H,3,6-7,9,11-15H2,1-2H3/t21-,22+/m0/s1. The summed E-state index contributed by atoms with van der Waals surface area (Å²) < 4.78 is 4.95. The van der Waals surface area contributed by atoms with E-state index in [1.165, 1.54) is 55.1 Å². The molecule has 0 amide bonds. The quantitative estimate of drug-likeness (QED) is 0.816. The maximum Gasteiger partial charge on any atom is 0.305 e. The van der Waals surface area contributed by atoms with E-state index in [4.69, 9.17) is 4.74 Å². The number of ether oxygens (including phenoxy) is 1. The number of piperidine rings is 1. The topological polar surface area (TPSA) is 45.3 Å². The number of para-hydroxylation sites is 1. The van der Waals surface area contributed by atoms with Crippen LogP contribution >= 0.6 is 0 Å². The average Bonchev–Trinajstić information content (AvgIpc) is 2.93. The van der Waals surface area contributed by atoms with Gasteiger partial charge in [-0.05, 0) is 68.7 Å². The Morgan fingerprint density at radius 3 is 2.92 bits per heavy atom. The first kappa shape index (κ1) is 17.6. The lowest BCUT2D eigenvalue weighted by Gasteiger charge is -2.49. The molecule has 0 saturated carbocycles. The number of aromatic amines is 1. The number of rotatable bonds is 4. The maximum absolute atomic E-state index is 11.9.